The molecule has 6 nitrogen and oxygen atoms in total. The maximum Gasteiger partial charge on any atom is 0.434 e. The van der Waals surface area contributed by atoms with Gasteiger partial charge in [-0.15, -0.1) is 11.3 Å². The topological polar surface area (TPSA) is 78.4 Å². The normalized spacial score (nSPS) is 16.2. The lowest BCUT2D eigenvalue weighted by molar-refractivity contribution is -0.140. The number of aliphatic imine (C=N–C) groups is 1. The van der Waals surface area contributed by atoms with E-state index in [0.29, 0.717) is 30.5 Å². The van der Waals surface area contributed by atoms with Crippen LogP contribution >= 0.6 is 11.3 Å². The molecule has 0 aromatic carbocycles. The van der Waals surface area contributed by atoms with Crippen LogP contribution in [0.4, 0.5) is 13.2 Å². The molecule has 0 aliphatic heterocycles. The average molecular weight is 405 g/mol. The van der Waals surface area contributed by atoms with Gasteiger partial charge in [-0.25, -0.2) is 9.98 Å². The Morgan fingerprint density at radius 2 is 2.04 bits per heavy atom. The van der Waals surface area contributed by atoms with Gasteiger partial charge in [-0.1, -0.05) is 19.3 Å². The van der Waals surface area contributed by atoms with Gasteiger partial charge in [0.2, 0.25) is 5.91 Å². The smallest absolute Gasteiger partial charge is 0.357 e. The molecule has 152 valence electrons. The summed E-state index contributed by atoms with van der Waals surface area (Å²) in [7, 11) is 0. The Bertz CT molecular complexity index is 626. The molecule has 1 aromatic rings. The van der Waals surface area contributed by atoms with E-state index in [1.54, 1.807) is 0 Å². The number of carbonyl (C=O) groups excluding carboxylic acids is 1. The summed E-state index contributed by atoms with van der Waals surface area (Å²) in [4.78, 5) is 19.9. The third kappa shape index (κ3) is 7.74. The summed E-state index contributed by atoms with van der Waals surface area (Å²) in [6.07, 6.45) is 1.48. The largest absolute Gasteiger partial charge is 0.434 e. The number of halogens is 3. The molecule has 0 radical (unpaired) electrons. The highest BCUT2D eigenvalue weighted by Gasteiger charge is 2.33. The minimum Gasteiger partial charge on any atom is -0.357 e. The Morgan fingerprint density at radius 1 is 1.30 bits per heavy atom. The molecule has 1 aromatic heterocycles. The molecule has 1 saturated carbocycles. The molecular formula is C17H26F3N5OS. The van der Waals surface area contributed by atoms with Crippen LogP contribution in [0, 0.1) is 0 Å². The third-order valence-corrected chi connectivity index (χ3v) is 5.08. The van der Waals surface area contributed by atoms with E-state index in [2.05, 4.69) is 25.9 Å². The zero-order chi connectivity index (χ0) is 19.7. The van der Waals surface area contributed by atoms with Gasteiger partial charge in [-0.2, -0.15) is 13.2 Å². The summed E-state index contributed by atoms with van der Waals surface area (Å²) in [6, 6.07) is 0.240. The number of rotatable bonds is 7. The lowest BCUT2D eigenvalue weighted by Gasteiger charge is -2.22. The van der Waals surface area contributed by atoms with Crippen molar-refractivity contribution in [3.8, 4) is 0 Å². The lowest BCUT2D eigenvalue weighted by atomic mass is 9.95. The van der Waals surface area contributed by atoms with E-state index in [9.17, 15) is 18.0 Å². The Hall–Kier alpha value is -1.84. The minimum atomic E-state index is -4.41. The van der Waals surface area contributed by atoms with Crippen molar-refractivity contribution in [2.24, 2.45) is 4.99 Å². The zero-order valence-corrected chi connectivity index (χ0v) is 16.2. The second kappa shape index (κ2) is 10.5. The van der Waals surface area contributed by atoms with E-state index in [-0.39, 0.29) is 18.5 Å². The quantitative estimate of drug-likeness (QED) is 0.482. The molecule has 1 fully saturated rings. The number of aromatic nitrogens is 1. The second-order valence-corrected chi connectivity index (χ2v) is 7.34. The van der Waals surface area contributed by atoms with E-state index >= 15 is 0 Å². The third-order valence-electron chi connectivity index (χ3n) is 4.17. The number of amides is 1. The summed E-state index contributed by atoms with van der Waals surface area (Å²) in [6.45, 7) is 2.91. The molecule has 0 unspecified atom stereocenters. The lowest BCUT2D eigenvalue weighted by Crippen LogP contribution is -2.41. The molecule has 1 aliphatic carbocycles. The number of hydrogen-bond donors (Lipinski definition) is 3. The van der Waals surface area contributed by atoms with Gasteiger partial charge in [-0.3, -0.25) is 4.79 Å². The van der Waals surface area contributed by atoms with Gasteiger partial charge in [-0.05, 0) is 19.8 Å². The number of alkyl halides is 3. The standard InChI is InChI=1S/C17H26F3N5OS/c1-2-21-16(23-10-14(26)24-12-6-4-3-5-7-12)22-9-8-15-25-13(11-27-15)17(18,19)20/h11-12H,2-10H2,1H3,(H,24,26)(H2,21,22,23). The fourth-order valence-electron chi connectivity index (χ4n) is 2.86. The molecule has 1 aliphatic rings. The first-order valence-corrected chi connectivity index (χ1v) is 10.1. The van der Waals surface area contributed by atoms with Crippen molar-refractivity contribution in [1.29, 1.82) is 0 Å². The Balaban J connectivity index is 1.77. The number of guanidine groups is 1. The average Bonchev–Trinajstić information content (AvgIpc) is 3.10. The molecule has 2 rings (SSSR count). The monoisotopic (exact) mass is 405 g/mol. The summed E-state index contributed by atoms with van der Waals surface area (Å²) in [5.74, 6) is 0.345. The van der Waals surface area contributed by atoms with Crippen LogP contribution in [0.5, 0.6) is 0 Å². The summed E-state index contributed by atoms with van der Waals surface area (Å²) in [5.41, 5.74) is -0.859. The van der Waals surface area contributed by atoms with Crippen LogP contribution in [0.15, 0.2) is 10.4 Å². The summed E-state index contributed by atoms with van der Waals surface area (Å²) < 4.78 is 37.7. The number of nitrogens with zero attached hydrogens (tertiary/aromatic N) is 2. The van der Waals surface area contributed by atoms with Gasteiger partial charge in [0, 0.05) is 30.9 Å². The highest BCUT2D eigenvalue weighted by atomic mass is 32.1. The number of thiazole rings is 1. The number of nitrogens with one attached hydrogen (secondary N) is 3. The molecule has 1 amide bonds. The van der Waals surface area contributed by atoms with Crippen LogP contribution in [-0.2, 0) is 17.4 Å². The van der Waals surface area contributed by atoms with E-state index in [0.717, 1.165) is 42.4 Å². The highest BCUT2D eigenvalue weighted by molar-refractivity contribution is 7.09. The van der Waals surface area contributed by atoms with E-state index in [1.807, 2.05) is 6.92 Å². The van der Waals surface area contributed by atoms with Gasteiger partial charge < -0.3 is 16.0 Å². The fraction of sp³-hybridized carbons (Fsp3) is 0.706. The predicted octanol–water partition coefficient (Wildman–Crippen LogP) is 2.71. The Kier molecular flexibility index (Phi) is 8.33. The molecule has 0 saturated heterocycles. The number of carbonyl (C=O) groups is 1. The van der Waals surface area contributed by atoms with Crippen LogP contribution in [0.3, 0.4) is 0 Å². The van der Waals surface area contributed by atoms with Crippen LogP contribution in [-0.4, -0.2) is 42.5 Å². The van der Waals surface area contributed by atoms with Gasteiger partial charge in [0.05, 0.1) is 5.01 Å². The van der Waals surface area contributed by atoms with E-state index in [4.69, 9.17) is 0 Å². The van der Waals surface area contributed by atoms with Gasteiger partial charge >= 0.3 is 6.18 Å². The van der Waals surface area contributed by atoms with Crippen LogP contribution < -0.4 is 16.0 Å². The molecule has 0 spiro atoms. The van der Waals surface area contributed by atoms with Crippen molar-refractivity contribution in [3.05, 3.63) is 16.1 Å². The van der Waals surface area contributed by atoms with Crippen molar-refractivity contribution in [2.75, 3.05) is 19.6 Å². The maximum absolute atomic E-state index is 12.6. The maximum atomic E-state index is 12.6. The minimum absolute atomic E-state index is 0.0152. The first-order chi connectivity index (χ1) is 12.9. The van der Waals surface area contributed by atoms with Crippen molar-refractivity contribution < 1.29 is 18.0 Å². The van der Waals surface area contributed by atoms with Crippen molar-refractivity contribution in [2.45, 2.75) is 57.7 Å². The number of hydrogen-bond acceptors (Lipinski definition) is 4. The summed E-state index contributed by atoms with van der Waals surface area (Å²) >= 11 is 0.984. The Morgan fingerprint density at radius 3 is 2.67 bits per heavy atom. The first kappa shape index (κ1) is 21.5. The molecule has 3 N–H and O–H groups in total. The van der Waals surface area contributed by atoms with Crippen LogP contribution in [0.2, 0.25) is 0 Å². The molecule has 0 bridgehead atoms. The highest BCUT2D eigenvalue weighted by Crippen LogP contribution is 2.29. The van der Waals surface area contributed by atoms with E-state index in [1.165, 1.54) is 6.42 Å². The first-order valence-electron chi connectivity index (χ1n) is 9.21. The van der Waals surface area contributed by atoms with Crippen molar-refractivity contribution in [3.63, 3.8) is 0 Å². The second-order valence-electron chi connectivity index (χ2n) is 6.40. The molecule has 10 heteroatoms. The van der Waals surface area contributed by atoms with E-state index < -0.39 is 11.9 Å². The molecule has 1 heterocycles. The van der Waals surface area contributed by atoms with Gasteiger partial charge in [0.15, 0.2) is 11.7 Å². The van der Waals surface area contributed by atoms with Crippen LogP contribution in [0.1, 0.15) is 49.7 Å². The van der Waals surface area contributed by atoms with Gasteiger partial charge in [0.1, 0.15) is 6.54 Å². The van der Waals surface area contributed by atoms with Crippen molar-refractivity contribution >= 4 is 23.2 Å². The van der Waals surface area contributed by atoms with Crippen molar-refractivity contribution in [1.82, 2.24) is 20.9 Å². The molecular weight excluding hydrogens is 379 g/mol. The molecule has 27 heavy (non-hydrogen) atoms. The van der Waals surface area contributed by atoms with Gasteiger partial charge in [0.25, 0.3) is 0 Å². The van der Waals surface area contributed by atoms with Crippen LogP contribution in [0.25, 0.3) is 0 Å². The fourth-order valence-corrected chi connectivity index (χ4v) is 3.66. The molecule has 0 atom stereocenters. The zero-order valence-electron chi connectivity index (χ0n) is 15.4. The summed E-state index contributed by atoms with van der Waals surface area (Å²) in [5, 5.41) is 10.5. The Labute approximate surface area is 161 Å². The SMILES string of the molecule is CCNC(=NCC(=O)NC1CCCCC1)NCCc1nc(C(F)(F)F)cs1. The predicted molar refractivity (Wildman–Crippen MR) is 99.8 cm³/mol.